The van der Waals surface area contributed by atoms with Crippen LogP contribution in [0.15, 0.2) is 78.4 Å². The number of ketones is 1. The van der Waals surface area contributed by atoms with E-state index in [-0.39, 0.29) is 18.1 Å². The van der Waals surface area contributed by atoms with Crippen molar-refractivity contribution in [3.63, 3.8) is 0 Å². The summed E-state index contributed by atoms with van der Waals surface area (Å²) in [5, 5.41) is 9.50. The van der Waals surface area contributed by atoms with E-state index in [0.29, 0.717) is 23.5 Å². The maximum absolute atomic E-state index is 12.6. The number of benzene rings is 3. The summed E-state index contributed by atoms with van der Waals surface area (Å²) < 4.78 is 11.4. The van der Waals surface area contributed by atoms with Gasteiger partial charge in [0.15, 0.2) is 5.78 Å². The summed E-state index contributed by atoms with van der Waals surface area (Å²) in [5.74, 6) is 1.19. The van der Waals surface area contributed by atoms with Gasteiger partial charge in [0.05, 0.1) is 5.56 Å². The van der Waals surface area contributed by atoms with Crippen LogP contribution in [-0.2, 0) is 6.61 Å². The largest absolute Gasteiger partial charge is 0.508 e. The van der Waals surface area contributed by atoms with Crippen LogP contribution in [0.1, 0.15) is 21.5 Å². The minimum absolute atomic E-state index is 0.0827. The molecule has 3 aromatic carbocycles. The van der Waals surface area contributed by atoms with E-state index in [2.05, 4.69) is 0 Å². The summed E-state index contributed by atoms with van der Waals surface area (Å²) in [5.41, 5.74) is 3.05. The van der Waals surface area contributed by atoms with Gasteiger partial charge < -0.3 is 14.6 Å². The number of carbonyl (C=O) groups excluding carboxylic acids is 1. The smallest absolute Gasteiger partial charge is 0.196 e. The van der Waals surface area contributed by atoms with Crippen LogP contribution in [0, 0.1) is 0 Å². The van der Waals surface area contributed by atoms with Gasteiger partial charge in [-0.3, -0.25) is 4.79 Å². The molecule has 1 aliphatic heterocycles. The van der Waals surface area contributed by atoms with Gasteiger partial charge in [-0.1, -0.05) is 42.5 Å². The third-order valence-corrected chi connectivity index (χ3v) is 4.35. The van der Waals surface area contributed by atoms with Gasteiger partial charge in [0.2, 0.25) is 0 Å². The SMILES string of the molecule is O=C1/C(=C\c2ccc(OCc3ccccc3)cc2)COc2cc(O)ccc21. The Morgan fingerprint density at radius 1 is 1.00 bits per heavy atom. The van der Waals surface area contributed by atoms with Crippen molar-refractivity contribution >= 4 is 11.9 Å². The summed E-state index contributed by atoms with van der Waals surface area (Å²) in [6, 6.07) is 22.1. The van der Waals surface area contributed by atoms with E-state index in [1.54, 1.807) is 6.07 Å². The lowest BCUT2D eigenvalue weighted by atomic mass is 9.98. The highest BCUT2D eigenvalue weighted by atomic mass is 16.5. The first-order valence-electron chi connectivity index (χ1n) is 8.67. The standard InChI is InChI=1S/C23H18O4/c24-19-8-11-21-22(13-19)27-15-18(23(21)25)12-16-6-9-20(10-7-16)26-14-17-4-2-1-3-5-17/h1-13,24H,14-15H2/b18-12-. The van der Waals surface area contributed by atoms with Crippen molar-refractivity contribution in [1.29, 1.82) is 0 Å². The molecule has 4 nitrogen and oxygen atoms in total. The minimum atomic E-state index is -0.0827. The van der Waals surface area contributed by atoms with E-state index in [9.17, 15) is 9.90 Å². The molecule has 0 bridgehead atoms. The maximum Gasteiger partial charge on any atom is 0.196 e. The van der Waals surface area contributed by atoms with Crippen LogP contribution < -0.4 is 9.47 Å². The summed E-state index contributed by atoms with van der Waals surface area (Å²) >= 11 is 0. The molecule has 0 saturated heterocycles. The zero-order chi connectivity index (χ0) is 18.6. The Labute approximate surface area is 157 Å². The average molecular weight is 358 g/mol. The number of hydrogen-bond acceptors (Lipinski definition) is 4. The van der Waals surface area contributed by atoms with Gasteiger partial charge in [0, 0.05) is 11.6 Å². The maximum atomic E-state index is 12.6. The van der Waals surface area contributed by atoms with Crippen LogP contribution in [-0.4, -0.2) is 17.5 Å². The van der Waals surface area contributed by atoms with Gasteiger partial charge in [-0.25, -0.2) is 0 Å². The quantitative estimate of drug-likeness (QED) is 0.691. The van der Waals surface area contributed by atoms with Crippen molar-refractivity contribution in [1.82, 2.24) is 0 Å². The first kappa shape index (κ1) is 16.9. The Kier molecular flexibility index (Phi) is 4.62. The first-order valence-corrected chi connectivity index (χ1v) is 8.67. The zero-order valence-electron chi connectivity index (χ0n) is 14.6. The highest BCUT2D eigenvalue weighted by Crippen LogP contribution is 2.31. The lowest BCUT2D eigenvalue weighted by Gasteiger charge is -2.19. The molecular weight excluding hydrogens is 340 g/mol. The third-order valence-electron chi connectivity index (χ3n) is 4.35. The highest BCUT2D eigenvalue weighted by Gasteiger charge is 2.23. The summed E-state index contributed by atoms with van der Waals surface area (Å²) in [7, 11) is 0. The fourth-order valence-corrected chi connectivity index (χ4v) is 2.92. The number of hydrogen-bond donors (Lipinski definition) is 1. The Morgan fingerprint density at radius 3 is 2.56 bits per heavy atom. The van der Waals surface area contributed by atoms with E-state index in [1.165, 1.54) is 12.1 Å². The molecule has 1 aliphatic rings. The molecule has 0 radical (unpaired) electrons. The second-order valence-electron chi connectivity index (χ2n) is 6.31. The molecule has 0 aliphatic carbocycles. The molecule has 0 atom stereocenters. The lowest BCUT2D eigenvalue weighted by molar-refractivity contribution is 0.100. The van der Waals surface area contributed by atoms with Gasteiger partial charge in [-0.05, 0) is 41.5 Å². The van der Waals surface area contributed by atoms with Gasteiger partial charge in [-0.2, -0.15) is 0 Å². The molecule has 0 fully saturated rings. The van der Waals surface area contributed by atoms with E-state index in [0.717, 1.165) is 16.9 Å². The van der Waals surface area contributed by atoms with E-state index in [1.807, 2.05) is 60.7 Å². The number of ether oxygens (including phenoxy) is 2. The van der Waals surface area contributed by atoms with Crippen LogP contribution in [0.5, 0.6) is 17.2 Å². The monoisotopic (exact) mass is 358 g/mol. The molecule has 0 unspecified atom stereocenters. The fourth-order valence-electron chi connectivity index (χ4n) is 2.92. The average Bonchev–Trinajstić information content (AvgIpc) is 2.70. The van der Waals surface area contributed by atoms with Gasteiger partial charge in [0.1, 0.15) is 30.5 Å². The third kappa shape index (κ3) is 3.85. The number of aromatic hydroxyl groups is 1. The molecule has 27 heavy (non-hydrogen) atoms. The zero-order valence-corrected chi connectivity index (χ0v) is 14.6. The van der Waals surface area contributed by atoms with Crippen molar-refractivity contribution < 1.29 is 19.4 Å². The van der Waals surface area contributed by atoms with Crippen LogP contribution in [0.25, 0.3) is 6.08 Å². The molecule has 0 saturated carbocycles. The number of phenols is 1. The molecule has 0 spiro atoms. The number of fused-ring (bicyclic) bond motifs is 1. The first-order chi connectivity index (χ1) is 13.2. The molecule has 3 aromatic rings. The molecule has 1 N–H and O–H groups in total. The topological polar surface area (TPSA) is 55.8 Å². The van der Waals surface area contributed by atoms with Crippen molar-refractivity contribution in [2.75, 3.05) is 6.61 Å². The van der Waals surface area contributed by atoms with E-state index >= 15 is 0 Å². The summed E-state index contributed by atoms with van der Waals surface area (Å²) in [6.07, 6.45) is 1.82. The second-order valence-corrected chi connectivity index (χ2v) is 6.31. The van der Waals surface area contributed by atoms with E-state index in [4.69, 9.17) is 9.47 Å². The van der Waals surface area contributed by atoms with Crippen molar-refractivity contribution in [3.8, 4) is 17.2 Å². The second kappa shape index (κ2) is 7.38. The van der Waals surface area contributed by atoms with Crippen molar-refractivity contribution in [3.05, 3.63) is 95.1 Å². The molecule has 4 rings (SSSR count). The Bertz CT molecular complexity index is 989. The molecule has 1 heterocycles. The van der Waals surface area contributed by atoms with Crippen LogP contribution in [0.4, 0.5) is 0 Å². The molecule has 134 valence electrons. The molecule has 4 heteroatoms. The predicted octanol–water partition coefficient (Wildman–Crippen LogP) is 4.63. The number of carbonyl (C=O) groups is 1. The van der Waals surface area contributed by atoms with Crippen molar-refractivity contribution in [2.24, 2.45) is 0 Å². The van der Waals surface area contributed by atoms with Crippen LogP contribution in [0.2, 0.25) is 0 Å². The van der Waals surface area contributed by atoms with Crippen LogP contribution >= 0.6 is 0 Å². The molecule has 0 amide bonds. The Morgan fingerprint density at radius 2 is 1.78 bits per heavy atom. The van der Waals surface area contributed by atoms with Crippen LogP contribution in [0.3, 0.4) is 0 Å². The lowest BCUT2D eigenvalue weighted by Crippen LogP contribution is -2.18. The minimum Gasteiger partial charge on any atom is -0.508 e. The van der Waals surface area contributed by atoms with Crippen molar-refractivity contribution in [2.45, 2.75) is 6.61 Å². The number of phenolic OH excluding ortho intramolecular Hbond substituents is 1. The normalized spacial score (nSPS) is 14.5. The predicted molar refractivity (Wildman–Crippen MR) is 103 cm³/mol. The number of Topliss-reactive ketones (excluding diaryl/α,β-unsaturated/α-hetero) is 1. The molecular formula is C23H18O4. The Hall–Kier alpha value is -3.53. The summed E-state index contributed by atoms with van der Waals surface area (Å²) in [4.78, 5) is 12.6. The molecule has 0 aromatic heterocycles. The van der Waals surface area contributed by atoms with E-state index < -0.39 is 0 Å². The Balaban J connectivity index is 1.46. The van der Waals surface area contributed by atoms with Gasteiger partial charge in [-0.15, -0.1) is 0 Å². The van der Waals surface area contributed by atoms with Gasteiger partial charge >= 0.3 is 0 Å². The fraction of sp³-hybridized carbons (Fsp3) is 0.0870. The number of rotatable bonds is 4. The van der Waals surface area contributed by atoms with Gasteiger partial charge in [0.25, 0.3) is 0 Å². The highest BCUT2D eigenvalue weighted by molar-refractivity contribution is 6.14. The summed E-state index contributed by atoms with van der Waals surface area (Å²) in [6.45, 7) is 0.693.